The molecule has 2 N–H and O–H groups in total. The van der Waals surface area contributed by atoms with Crippen molar-refractivity contribution in [2.75, 3.05) is 32.8 Å². The summed E-state index contributed by atoms with van der Waals surface area (Å²) in [5, 5.41) is 6.25. The third kappa shape index (κ3) is 9.50. The molecule has 2 heterocycles. The molecule has 0 bridgehead atoms. The van der Waals surface area contributed by atoms with Gasteiger partial charge in [0.05, 0.1) is 6.54 Å². The Labute approximate surface area is 185 Å². The zero-order valence-electron chi connectivity index (χ0n) is 16.3. The molecule has 1 saturated heterocycles. The third-order valence-electron chi connectivity index (χ3n) is 4.04. The first-order valence-corrected chi connectivity index (χ1v) is 9.32. The van der Waals surface area contributed by atoms with Crippen LogP contribution in [0, 0.1) is 0 Å². The summed E-state index contributed by atoms with van der Waals surface area (Å²) in [6.07, 6.45) is -0.724. The van der Waals surface area contributed by atoms with Crippen molar-refractivity contribution in [3.8, 4) is 5.88 Å². The fourth-order valence-corrected chi connectivity index (χ4v) is 2.75. The number of nitrogens with one attached hydrogen (secondary N) is 2. The average Bonchev–Trinajstić information content (AvgIpc) is 3.06. The fourth-order valence-electron chi connectivity index (χ4n) is 2.75. The van der Waals surface area contributed by atoms with Crippen LogP contribution in [-0.2, 0) is 11.3 Å². The van der Waals surface area contributed by atoms with E-state index in [1.807, 2.05) is 11.8 Å². The van der Waals surface area contributed by atoms with E-state index in [4.69, 9.17) is 4.74 Å². The largest absolute Gasteiger partial charge is 0.468 e. The van der Waals surface area contributed by atoms with E-state index in [9.17, 15) is 18.0 Å². The minimum absolute atomic E-state index is 0. The van der Waals surface area contributed by atoms with Gasteiger partial charge in [-0.1, -0.05) is 6.07 Å². The number of amides is 1. The van der Waals surface area contributed by atoms with Crippen molar-refractivity contribution in [2.45, 2.75) is 38.9 Å². The van der Waals surface area contributed by atoms with Gasteiger partial charge in [-0.15, -0.1) is 24.0 Å². The Hall–Kier alpha value is -1.79. The summed E-state index contributed by atoms with van der Waals surface area (Å²) >= 11 is 0. The highest BCUT2D eigenvalue weighted by Gasteiger charge is 2.29. The van der Waals surface area contributed by atoms with Crippen LogP contribution in [0.15, 0.2) is 23.3 Å². The zero-order chi connectivity index (χ0) is 20.4. The number of alkyl halides is 3. The van der Waals surface area contributed by atoms with Crippen molar-refractivity contribution < 1.29 is 22.7 Å². The molecule has 1 aliphatic heterocycles. The summed E-state index contributed by atoms with van der Waals surface area (Å²) in [6.45, 7) is 3.43. The van der Waals surface area contributed by atoms with Gasteiger partial charge in [-0.2, -0.15) is 13.2 Å². The van der Waals surface area contributed by atoms with Crippen LogP contribution in [0.25, 0.3) is 0 Å². The number of nitrogens with zero attached hydrogens (tertiary/aromatic N) is 3. The van der Waals surface area contributed by atoms with Gasteiger partial charge in [0.25, 0.3) is 0 Å². The van der Waals surface area contributed by atoms with E-state index >= 15 is 0 Å². The molecule has 164 valence electrons. The van der Waals surface area contributed by atoms with Gasteiger partial charge in [-0.25, -0.2) is 9.98 Å². The van der Waals surface area contributed by atoms with Crippen LogP contribution in [0.5, 0.6) is 5.88 Å². The van der Waals surface area contributed by atoms with Gasteiger partial charge in [-0.3, -0.25) is 4.79 Å². The lowest BCUT2D eigenvalue weighted by molar-refractivity contribution is -0.154. The molecule has 0 unspecified atom stereocenters. The Balaban J connectivity index is 0.00000420. The number of guanidine groups is 1. The maximum atomic E-state index is 12.4. The van der Waals surface area contributed by atoms with Gasteiger partial charge < -0.3 is 20.3 Å². The van der Waals surface area contributed by atoms with Crippen molar-refractivity contribution in [3.05, 3.63) is 23.9 Å². The first kappa shape index (κ1) is 25.2. The summed E-state index contributed by atoms with van der Waals surface area (Å²) in [5.74, 6) is 0.663. The highest BCUT2D eigenvalue weighted by atomic mass is 127. The number of likely N-dealkylation sites (tertiary alicyclic amines) is 1. The molecule has 1 aliphatic rings. The van der Waals surface area contributed by atoms with E-state index in [-0.39, 0.29) is 42.3 Å². The van der Waals surface area contributed by atoms with Crippen LogP contribution in [-0.4, -0.2) is 60.7 Å². The number of hydrogen-bond donors (Lipinski definition) is 2. The van der Waals surface area contributed by atoms with Gasteiger partial charge in [0.2, 0.25) is 11.8 Å². The van der Waals surface area contributed by atoms with Crippen LogP contribution in [0.1, 0.15) is 31.7 Å². The second kappa shape index (κ2) is 12.7. The fraction of sp³-hybridized carbons (Fsp3) is 0.611. The molecule has 0 spiro atoms. The Morgan fingerprint density at radius 2 is 2.17 bits per heavy atom. The molecule has 0 radical (unpaired) electrons. The maximum absolute atomic E-state index is 12.4. The lowest BCUT2D eigenvalue weighted by Crippen LogP contribution is -2.39. The quantitative estimate of drug-likeness (QED) is 0.223. The predicted molar refractivity (Wildman–Crippen MR) is 114 cm³/mol. The number of aliphatic imine (C=N–C) groups is 1. The Morgan fingerprint density at radius 1 is 1.38 bits per heavy atom. The molecule has 7 nitrogen and oxygen atoms in total. The average molecular weight is 529 g/mol. The molecule has 29 heavy (non-hydrogen) atoms. The standard InChI is InChI=1S/C18H26F3N5O2.HI/c1-2-22-17(24-9-5-11-26-10-4-7-15(26)27)25-12-14-6-3-8-23-16(14)28-13-18(19,20)21;/h3,6,8H,2,4-5,7,9-13H2,1H3,(H2,22,24,25);1H. The van der Waals surface area contributed by atoms with Crippen LogP contribution in [0.3, 0.4) is 0 Å². The van der Waals surface area contributed by atoms with Crippen molar-refractivity contribution >= 4 is 35.8 Å². The second-order valence-corrected chi connectivity index (χ2v) is 6.33. The summed E-state index contributed by atoms with van der Waals surface area (Å²) in [5.41, 5.74) is 0.464. The van der Waals surface area contributed by atoms with Gasteiger partial charge >= 0.3 is 6.18 Å². The highest BCUT2D eigenvalue weighted by molar-refractivity contribution is 14.0. The lowest BCUT2D eigenvalue weighted by atomic mass is 10.3. The number of aromatic nitrogens is 1. The van der Waals surface area contributed by atoms with Crippen molar-refractivity contribution in [3.63, 3.8) is 0 Å². The van der Waals surface area contributed by atoms with Crippen molar-refractivity contribution in [2.24, 2.45) is 4.99 Å². The molecular formula is C18H27F3IN5O2. The summed E-state index contributed by atoms with van der Waals surface area (Å²) < 4.78 is 41.9. The van der Waals surface area contributed by atoms with Crippen molar-refractivity contribution in [1.29, 1.82) is 0 Å². The number of carbonyl (C=O) groups excluding carboxylic acids is 1. The lowest BCUT2D eigenvalue weighted by Gasteiger charge is -2.16. The van der Waals surface area contributed by atoms with Crippen LogP contribution < -0.4 is 15.4 Å². The molecule has 2 rings (SSSR count). The molecule has 1 aromatic rings. The van der Waals surface area contributed by atoms with E-state index in [0.29, 0.717) is 37.6 Å². The summed E-state index contributed by atoms with van der Waals surface area (Å²) in [4.78, 5) is 21.7. The third-order valence-corrected chi connectivity index (χ3v) is 4.04. The number of ether oxygens (including phenoxy) is 1. The predicted octanol–water partition coefficient (Wildman–Crippen LogP) is 2.71. The minimum Gasteiger partial charge on any atom is -0.468 e. The highest BCUT2D eigenvalue weighted by Crippen LogP contribution is 2.20. The van der Waals surface area contributed by atoms with Crippen LogP contribution >= 0.6 is 24.0 Å². The molecule has 0 aromatic carbocycles. The number of pyridine rings is 1. The van der Waals surface area contributed by atoms with Gasteiger partial charge in [0.1, 0.15) is 0 Å². The molecule has 0 aliphatic carbocycles. The van der Waals surface area contributed by atoms with Gasteiger partial charge in [-0.05, 0) is 25.8 Å². The summed E-state index contributed by atoms with van der Waals surface area (Å²) in [7, 11) is 0. The second-order valence-electron chi connectivity index (χ2n) is 6.33. The number of hydrogen-bond acceptors (Lipinski definition) is 4. The number of rotatable bonds is 9. The molecule has 1 aromatic heterocycles. The maximum Gasteiger partial charge on any atom is 0.422 e. The minimum atomic E-state index is -4.43. The SMILES string of the molecule is CCNC(=NCc1cccnc1OCC(F)(F)F)NCCCN1CCCC1=O.I. The smallest absolute Gasteiger partial charge is 0.422 e. The zero-order valence-corrected chi connectivity index (χ0v) is 18.6. The first-order chi connectivity index (χ1) is 13.4. The molecule has 1 fully saturated rings. The normalized spacial score (nSPS) is 14.6. The molecule has 11 heteroatoms. The summed E-state index contributed by atoms with van der Waals surface area (Å²) in [6, 6.07) is 3.25. The number of halogens is 4. The van der Waals surface area contributed by atoms with E-state index in [0.717, 1.165) is 19.4 Å². The van der Waals surface area contributed by atoms with Crippen molar-refractivity contribution in [1.82, 2.24) is 20.5 Å². The molecule has 0 saturated carbocycles. The number of carbonyl (C=O) groups is 1. The molecule has 0 atom stereocenters. The Morgan fingerprint density at radius 3 is 2.83 bits per heavy atom. The van der Waals surface area contributed by atoms with E-state index < -0.39 is 12.8 Å². The molecular weight excluding hydrogens is 502 g/mol. The Kier molecular flexibility index (Phi) is 11.1. The van der Waals surface area contributed by atoms with Crippen LogP contribution in [0.2, 0.25) is 0 Å². The monoisotopic (exact) mass is 529 g/mol. The van der Waals surface area contributed by atoms with E-state index in [1.165, 1.54) is 6.20 Å². The van der Waals surface area contributed by atoms with Gasteiger partial charge in [0, 0.05) is 44.4 Å². The Bertz CT molecular complexity index is 673. The van der Waals surface area contributed by atoms with E-state index in [2.05, 4.69) is 20.6 Å². The topological polar surface area (TPSA) is 78.9 Å². The van der Waals surface area contributed by atoms with Crippen LogP contribution in [0.4, 0.5) is 13.2 Å². The van der Waals surface area contributed by atoms with Gasteiger partial charge in [0.15, 0.2) is 12.6 Å². The first-order valence-electron chi connectivity index (χ1n) is 9.32. The molecule has 1 amide bonds. The van der Waals surface area contributed by atoms with E-state index in [1.54, 1.807) is 12.1 Å².